The first-order chi connectivity index (χ1) is 13.1. The molecular formula is C18H20F3N3O3S. The number of benzene rings is 1. The van der Waals surface area contributed by atoms with Gasteiger partial charge in [0, 0.05) is 18.5 Å². The van der Waals surface area contributed by atoms with Crippen LogP contribution in [0.1, 0.15) is 41.7 Å². The second kappa shape index (κ2) is 7.57. The van der Waals surface area contributed by atoms with Crippen molar-refractivity contribution in [2.75, 3.05) is 11.6 Å². The monoisotopic (exact) mass is 415 g/mol. The van der Waals surface area contributed by atoms with E-state index in [1.165, 1.54) is 24.3 Å². The SMILES string of the molecule is CS(=O)(=O)c1cccc(NC(=O)c2c(C(F)(F)F)cnn2CC2CCCC2)c1. The van der Waals surface area contributed by atoms with Gasteiger partial charge in [-0.3, -0.25) is 9.48 Å². The summed E-state index contributed by atoms with van der Waals surface area (Å²) in [4.78, 5) is 12.6. The Morgan fingerprint density at radius 3 is 2.57 bits per heavy atom. The number of rotatable bonds is 5. The molecule has 1 aromatic heterocycles. The maximum absolute atomic E-state index is 13.4. The Morgan fingerprint density at radius 2 is 1.96 bits per heavy atom. The fraction of sp³-hybridized carbons (Fsp3) is 0.444. The number of halogens is 3. The minimum atomic E-state index is -4.73. The van der Waals surface area contributed by atoms with E-state index in [9.17, 15) is 26.4 Å². The molecule has 1 aromatic carbocycles. The lowest BCUT2D eigenvalue weighted by molar-refractivity contribution is -0.138. The number of hydrogen-bond donors (Lipinski definition) is 1. The Morgan fingerprint density at radius 1 is 1.29 bits per heavy atom. The van der Waals surface area contributed by atoms with Crippen molar-refractivity contribution in [1.82, 2.24) is 9.78 Å². The average molecular weight is 415 g/mol. The third kappa shape index (κ3) is 4.54. The second-order valence-electron chi connectivity index (χ2n) is 6.99. The fourth-order valence-electron chi connectivity index (χ4n) is 3.40. The molecule has 0 bridgehead atoms. The van der Waals surface area contributed by atoms with Crippen molar-refractivity contribution in [2.45, 2.75) is 43.3 Å². The van der Waals surface area contributed by atoms with Gasteiger partial charge in [0.2, 0.25) is 0 Å². The zero-order valence-electron chi connectivity index (χ0n) is 15.2. The van der Waals surface area contributed by atoms with E-state index in [-0.39, 0.29) is 23.0 Å². The number of sulfone groups is 1. The molecule has 1 saturated carbocycles. The number of amides is 1. The molecule has 1 amide bonds. The van der Waals surface area contributed by atoms with Crippen molar-refractivity contribution in [3.8, 4) is 0 Å². The number of anilines is 1. The number of nitrogens with zero attached hydrogens (tertiary/aromatic N) is 2. The van der Waals surface area contributed by atoms with Crippen molar-refractivity contribution in [1.29, 1.82) is 0 Å². The van der Waals surface area contributed by atoms with Crippen molar-refractivity contribution < 1.29 is 26.4 Å². The predicted molar refractivity (Wildman–Crippen MR) is 96.7 cm³/mol. The van der Waals surface area contributed by atoms with Crippen molar-refractivity contribution in [3.63, 3.8) is 0 Å². The quantitative estimate of drug-likeness (QED) is 0.807. The van der Waals surface area contributed by atoms with E-state index >= 15 is 0 Å². The maximum atomic E-state index is 13.4. The topological polar surface area (TPSA) is 81.1 Å². The van der Waals surface area contributed by atoms with Gasteiger partial charge in [-0.1, -0.05) is 18.9 Å². The Labute approximate surface area is 160 Å². The zero-order chi connectivity index (χ0) is 20.5. The average Bonchev–Trinajstić information content (AvgIpc) is 3.24. The predicted octanol–water partition coefficient (Wildman–Crippen LogP) is 3.75. The maximum Gasteiger partial charge on any atom is 0.420 e. The molecule has 10 heteroatoms. The molecule has 1 aliphatic carbocycles. The first-order valence-corrected chi connectivity index (χ1v) is 10.7. The summed E-state index contributed by atoms with van der Waals surface area (Å²) in [7, 11) is -3.52. The molecule has 2 aromatic rings. The van der Waals surface area contributed by atoms with Crippen LogP contribution in [0.3, 0.4) is 0 Å². The number of alkyl halides is 3. The van der Waals surface area contributed by atoms with E-state index < -0.39 is 33.2 Å². The Hall–Kier alpha value is -2.36. The molecule has 0 saturated heterocycles. The van der Waals surface area contributed by atoms with Crippen LogP contribution in [0.2, 0.25) is 0 Å². The molecule has 3 rings (SSSR count). The van der Waals surface area contributed by atoms with E-state index in [4.69, 9.17) is 0 Å². The van der Waals surface area contributed by atoms with Crippen molar-refractivity contribution in [2.24, 2.45) is 5.92 Å². The van der Waals surface area contributed by atoms with Gasteiger partial charge >= 0.3 is 6.18 Å². The highest BCUT2D eigenvalue weighted by Gasteiger charge is 2.39. The van der Waals surface area contributed by atoms with Gasteiger partial charge in [0.05, 0.1) is 11.1 Å². The van der Waals surface area contributed by atoms with Crippen LogP contribution >= 0.6 is 0 Å². The van der Waals surface area contributed by atoms with E-state index in [0.29, 0.717) is 6.20 Å². The van der Waals surface area contributed by atoms with Gasteiger partial charge in [0.1, 0.15) is 11.3 Å². The van der Waals surface area contributed by atoms with Crippen LogP contribution in [0.15, 0.2) is 35.4 Å². The van der Waals surface area contributed by atoms with Crippen LogP contribution in [0.4, 0.5) is 18.9 Å². The summed E-state index contributed by atoms with van der Waals surface area (Å²) < 4.78 is 64.6. The molecule has 6 nitrogen and oxygen atoms in total. The third-order valence-corrected chi connectivity index (χ3v) is 5.90. The number of hydrogen-bond acceptors (Lipinski definition) is 4. The van der Waals surface area contributed by atoms with Gasteiger partial charge in [-0.05, 0) is 37.0 Å². The summed E-state index contributed by atoms with van der Waals surface area (Å²) in [5.74, 6) is -0.797. The lowest BCUT2D eigenvalue weighted by Crippen LogP contribution is -2.23. The van der Waals surface area contributed by atoms with Crippen LogP contribution in [-0.4, -0.2) is 30.4 Å². The lowest BCUT2D eigenvalue weighted by Gasteiger charge is -2.15. The fourth-order valence-corrected chi connectivity index (χ4v) is 4.07. The van der Waals surface area contributed by atoms with E-state index in [1.54, 1.807) is 0 Å². The lowest BCUT2D eigenvalue weighted by atomic mass is 10.1. The minimum absolute atomic E-state index is 0.0409. The molecule has 1 N–H and O–H groups in total. The summed E-state index contributed by atoms with van der Waals surface area (Å²) in [6.45, 7) is 0.238. The molecular weight excluding hydrogens is 395 g/mol. The summed E-state index contributed by atoms with van der Waals surface area (Å²) in [5.41, 5.74) is -1.58. The third-order valence-electron chi connectivity index (χ3n) is 4.79. The molecule has 0 aliphatic heterocycles. The smallest absolute Gasteiger partial charge is 0.321 e. The molecule has 0 atom stereocenters. The second-order valence-corrected chi connectivity index (χ2v) is 9.01. The van der Waals surface area contributed by atoms with Crippen LogP contribution in [0.25, 0.3) is 0 Å². The Balaban J connectivity index is 1.92. The van der Waals surface area contributed by atoms with Gasteiger partial charge in [0.15, 0.2) is 9.84 Å². The number of aromatic nitrogens is 2. The van der Waals surface area contributed by atoms with Crippen LogP contribution < -0.4 is 5.32 Å². The van der Waals surface area contributed by atoms with E-state index in [0.717, 1.165) is 36.6 Å². The largest absolute Gasteiger partial charge is 0.420 e. The molecule has 152 valence electrons. The van der Waals surface area contributed by atoms with Crippen LogP contribution in [-0.2, 0) is 22.6 Å². The molecule has 0 spiro atoms. The highest BCUT2D eigenvalue weighted by Crippen LogP contribution is 2.34. The first kappa shape index (κ1) is 20.4. The Bertz CT molecular complexity index is 977. The molecule has 0 unspecified atom stereocenters. The normalized spacial score (nSPS) is 15.7. The van der Waals surface area contributed by atoms with Crippen LogP contribution in [0.5, 0.6) is 0 Å². The zero-order valence-corrected chi connectivity index (χ0v) is 16.0. The summed E-state index contributed by atoms with van der Waals surface area (Å²) in [6, 6.07) is 5.37. The van der Waals surface area contributed by atoms with Crippen molar-refractivity contribution in [3.05, 3.63) is 41.7 Å². The van der Waals surface area contributed by atoms with Gasteiger partial charge in [0.25, 0.3) is 5.91 Å². The molecule has 28 heavy (non-hydrogen) atoms. The number of carbonyl (C=O) groups excluding carboxylic acids is 1. The van der Waals surface area contributed by atoms with Gasteiger partial charge in [-0.15, -0.1) is 0 Å². The highest BCUT2D eigenvalue weighted by atomic mass is 32.2. The molecule has 1 aliphatic rings. The van der Waals surface area contributed by atoms with Gasteiger partial charge in [-0.2, -0.15) is 18.3 Å². The summed E-state index contributed by atoms with van der Waals surface area (Å²) in [5, 5.41) is 6.18. The standard InChI is InChI=1S/C18H20F3N3O3S/c1-28(26,27)14-8-4-7-13(9-14)23-17(25)16-15(18(19,20)21)10-22-24(16)11-12-5-2-3-6-12/h4,7-10,12H,2-3,5-6,11H2,1H3,(H,23,25). The number of carbonyl (C=O) groups is 1. The highest BCUT2D eigenvalue weighted by molar-refractivity contribution is 7.90. The summed E-state index contributed by atoms with van der Waals surface area (Å²) in [6.07, 6.45) is 0.742. The Kier molecular flexibility index (Phi) is 5.51. The number of nitrogens with one attached hydrogen (secondary N) is 1. The first-order valence-electron chi connectivity index (χ1n) is 8.80. The van der Waals surface area contributed by atoms with Crippen LogP contribution in [0, 0.1) is 5.92 Å². The molecule has 1 fully saturated rings. The minimum Gasteiger partial charge on any atom is -0.321 e. The van der Waals surface area contributed by atoms with E-state index in [1.807, 2.05) is 0 Å². The molecule has 1 heterocycles. The van der Waals surface area contributed by atoms with Gasteiger partial charge < -0.3 is 5.32 Å². The molecule has 0 radical (unpaired) electrons. The van der Waals surface area contributed by atoms with Gasteiger partial charge in [-0.25, -0.2) is 8.42 Å². The van der Waals surface area contributed by atoms with E-state index in [2.05, 4.69) is 10.4 Å². The summed E-state index contributed by atoms with van der Waals surface area (Å²) >= 11 is 0. The van der Waals surface area contributed by atoms with Crippen molar-refractivity contribution >= 4 is 21.4 Å².